The highest BCUT2D eigenvalue weighted by atomic mass is 19.1. The van der Waals surface area contributed by atoms with E-state index in [4.69, 9.17) is 5.11 Å². The van der Waals surface area contributed by atoms with Crippen molar-refractivity contribution in [1.29, 1.82) is 0 Å². The van der Waals surface area contributed by atoms with Crippen LogP contribution < -0.4 is 5.32 Å². The van der Waals surface area contributed by atoms with Crippen molar-refractivity contribution in [3.05, 3.63) is 34.1 Å². The molecule has 2 N–H and O–H groups in total. The number of nitro groups is 1. The number of nitrogens with zero attached hydrogens (tertiary/aromatic N) is 1. The summed E-state index contributed by atoms with van der Waals surface area (Å²) in [5.74, 6) is -1.78. The first kappa shape index (κ1) is 13.9. The molecule has 1 aromatic carbocycles. The number of benzene rings is 1. The average molecular weight is 256 g/mol. The van der Waals surface area contributed by atoms with Crippen molar-refractivity contribution in [3.63, 3.8) is 0 Å². The molecule has 1 rings (SSSR count). The van der Waals surface area contributed by atoms with E-state index in [1.165, 1.54) is 12.1 Å². The van der Waals surface area contributed by atoms with Gasteiger partial charge in [0.1, 0.15) is 5.69 Å². The van der Waals surface area contributed by atoms with Gasteiger partial charge in [0.15, 0.2) is 0 Å². The van der Waals surface area contributed by atoms with E-state index in [1.807, 2.05) is 0 Å². The van der Waals surface area contributed by atoms with Crippen molar-refractivity contribution in [2.45, 2.75) is 19.3 Å². The minimum absolute atomic E-state index is 0.0485. The van der Waals surface area contributed by atoms with E-state index in [1.54, 1.807) is 0 Å². The SMILES string of the molecule is O=C(O)CCCCNc1cccc(F)c1[N+](=O)[O-]. The number of carboxylic acid groups (broad SMARTS) is 1. The number of carbonyl (C=O) groups is 1. The number of anilines is 1. The molecule has 0 aliphatic carbocycles. The molecule has 0 unspecified atom stereocenters. The smallest absolute Gasteiger partial charge is 0.327 e. The fraction of sp³-hybridized carbons (Fsp3) is 0.364. The second kappa shape index (κ2) is 6.53. The number of carboxylic acids is 1. The lowest BCUT2D eigenvalue weighted by Gasteiger charge is -2.06. The fourth-order valence-corrected chi connectivity index (χ4v) is 1.47. The molecule has 0 aromatic heterocycles. The maximum absolute atomic E-state index is 13.2. The number of hydrogen-bond acceptors (Lipinski definition) is 4. The molecule has 0 amide bonds. The fourth-order valence-electron chi connectivity index (χ4n) is 1.47. The summed E-state index contributed by atoms with van der Waals surface area (Å²) in [6.07, 6.45) is 1.05. The predicted octanol–water partition coefficient (Wildman–Crippen LogP) is 2.40. The Kier molecular flexibility index (Phi) is 5.04. The van der Waals surface area contributed by atoms with Crippen LogP contribution in [0.25, 0.3) is 0 Å². The predicted molar refractivity (Wildman–Crippen MR) is 63.0 cm³/mol. The Balaban J connectivity index is 2.54. The van der Waals surface area contributed by atoms with E-state index in [0.717, 1.165) is 6.07 Å². The Morgan fingerprint density at radius 1 is 1.44 bits per heavy atom. The Bertz CT molecular complexity index is 451. The van der Waals surface area contributed by atoms with Crippen molar-refractivity contribution in [2.75, 3.05) is 11.9 Å². The lowest BCUT2D eigenvalue weighted by Crippen LogP contribution is -2.06. The summed E-state index contributed by atoms with van der Waals surface area (Å²) < 4.78 is 13.2. The van der Waals surface area contributed by atoms with Crippen LogP contribution in [0.3, 0.4) is 0 Å². The Labute approximate surface area is 103 Å². The lowest BCUT2D eigenvalue weighted by atomic mass is 10.2. The van der Waals surface area contributed by atoms with Crippen molar-refractivity contribution in [2.24, 2.45) is 0 Å². The summed E-state index contributed by atoms with van der Waals surface area (Å²) in [5.41, 5.74) is -0.481. The first-order valence-electron chi connectivity index (χ1n) is 5.41. The minimum atomic E-state index is -0.893. The molecule has 0 atom stereocenters. The zero-order valence-corrected chi connectivity index (χ0v) is 9.56. The van der Waals surface area contributed by atoms with Gasteiger partial charge in [0.25, 0.3) is 0 Å². The number of para-hydroxylation sites is 1. The summed E-state index contributed by atoms with van der Waals surface area (Å²) in [5, 5.41) is 21.8. The summed E-state index contributed by atoms with van der Waals surface area (Å²) in [6.45, 7) is 0.359. The number of rotatable bonds is 7. The third-order valence-electron chi connectivity index (χ3n) is 2.30. The van der Waals surface area contributed by atoms with Crippen LogP contribution in [-0.4, -0.2) is 22.5 Å². The highest BCUT2D eigenvalue weighted by molar-refractivity contribution is 5.66. The highest BCUT2D eigenvalue weighted by Crippen LogP contribution is 2.27. The van der Waals surface area contributed by atoms with E-state index < -0.39 is 22.4 Å². The van der Waals surface area contributed by atoms with Gasteiger partial charge >= 0.3 is 11.7 Å². The first-order valence-corrected chi connectivity index (χ1v) is 5.41. The van der Waals surface area contributed by atoms with Crippen LogP contribution in [0.5, 0.6) is 0 Å². The van der Waals surface area contributed by atoms with Crippen LogP contribution in [0.2, 0.25) is 0 Å². The molecule has 7 heteroatoms. The van der Waals surface area contributed by atoms with Gasteiger partial charge in [-0.2, -0.15) is 4.39 Å². The maximum Gasteiger partial charge on any atom is 0.327 e. The molecule has 0 bridgehead atoms. The number of unbranched alkanes of at least 4 members (excludes halogenated alkanes) is 1. The van der Waals surface area contributed by atoms with Gasteiger partial charge in [-0.1, -0.05) is 6.07 Å². The van der Waals surface area contributed by atoms with E-state index >= 15 is 0 Å². The number of aliphatic carboxylic acids is 1. The number of halogens is 1. The van der Waals surface area contributed by atoms with Crippen LogP contribution in [-0.2, 0) is 4.79 Å². The number of hydrogen-bond donors (Lipinski definition) is 2. The standard InChI is InChI=1S/C11H13FN2O4/c12-8-4-3-5-9(11(8)14(17)18)13-7-2-1-6-10(15)16/h3-5,13H,1-2,6-7H2,(H,15,16). The Morgan fingerprint density at radius 3 is 2.78 bits per heavy atom. The minimum Gasteiger partial charge on any atom is -0.481 e. The van der Waals surface area contributed by atoms with Gasteiger partial charge in [0.05, 0.1) is 4.92 Å². The number of nitrogens with one attached hydrogen (secondary N) is 1. The van der Waals surface area contributed by atoms with Crippen LogP contribution in [0.15, 0.2) is 18.2 Å². The second-order valence-corrected chi connectivity index (χ2v) is 3.67. The van der Waals surface area contributed by atoms with Crippen LogP contribution in [0, 0.1) is 15.9 Å². The molecule has 0 radical (unpaired) electrons. The molecular formula is C11H13FN2O4. The first-order chi connectivity index (χ1) is 8.52. The zero-order valence-electron chi connectivity index (χ0n) is 9.56. The van der Waals surface area contributed by atoms with E-state index in [2.05, 4.69) is 5.32 Å². The highest BCUT2D eigenvalue weighted by Gasteiger charge is 2.19. The molecule has 6 nitrogen and oxygen atoms in total. The number of nitro benzene ring substituents is 1. The molecule has 0 saturated carbocycles. The second-order valence-electron chi connectivity index (χ2n) is 3.67. The van der Waals surface area contributed by atoms with Gasteiger partial charge in [0, 0.05) is 13.0 Å². The molecule has 0 aliphatic heterocycles. The molecule has 0 fully saturated rings. The molecule has 0 spiro atoms. The summed E-state index contributed by atoms with van der Waals surface area (Å²) in [7, 11) is 0. The topological polar surface area (TPSA) is 92.5 Å². The largest absolute Gasteiger partial charge is 0.481 e. The molecule has 0 heterocycles. The van der Waals surface area contributed by atoms with Gasteiger partial charge in [-0.3, -0.25) is 14.9 Å². The summed E-state index contributed by atoms with van der Waals surface area (Å²) in [4.78, 5) is 20.1. The van der Waals surface area contributed by atoms with Gasteiger partial charge in [0.2, 0.25) is 5.82 Å². The van der Waals surface area contributed by atoms with Crippen molar-refractivity contribution < 1.29 is 19.2 Å². The summed E-state index contributed by atoms with van der Waals surface area (Å²) in [6, 6.07) is 3.81. The van der Waals surface area contributed by atoms with Gasteiger partial charge in [-0.15, -0.1) is 0 Å². The maximum atomic E-state index is 13.2. The van der Waals surface area contributed by atoms with Crippen LogP contribution in [0.4, 0.5) is 15.8 Å². The third kappa shape index (κ3) is 4.00. The van der Waals surface area contributed by atoms with Crippen LogP contribution >= 0.6 is 0 Å². The van der Waals surface area contributed by atoms with Crippen molar-refractivity contribution in [3.8, 4) is 0 Å². The molecular weight excluding hydrogens is 243 g/mol. The quantitative estimate of drug-likeness (QED) is 0.444. The molecule has 98 valence electrons. The van der Waals surface area contributed by atoms with Gasteiger partial charge in [-0.25, -0.2) is 0 Å². The van der Waals surface area contributed by atoms with Gasteiger partial charge in [-0.05, 0) is 25.0 Å². The Morgan fingerprint density at radius 2 is 2.17 bits per heavy atom. The zero-order chi connectivity index (χ0) is 13.5. The molecule has 0 saturated heterocycles. The van der Waals surface area contributed by atoms with E-state index in [9.17, 15) is 19.3 Å². The third-order valence-corrected chi connectivity index (χ3v) is 2.30. The normalized spacial score (nSPS) is 10.1. The summed E-state index contributed by atoms with van der Waals surface area (Å²) >= 11 is 0. The monoisotopic (exact) mass is 256 g/mol. The van der Waals surface area contributed by atoms with Gasteiger partial charge < -0.3 is 10.4 Å². The van der Waals surface area contributed by atoms with Crippen molar-refractivity contribution >= 4 is 17.3 Å². The lowest BCUT2D eigenvalue weighted by molar-refractivity contribution is -0.386. The average Bonchev–Trinajstić information content (AvgIpc) is 2.27. The van der Waals surface area contributed by atoms with Crippen molar-refractivity contribution in [1.82, 2.24) is 0 Å². The van der Waals surface area contributed by atoms with Crippen LogP contribution in [0.1, 0.15) is 19.3 Å². The molecule has 18 heavy (non-hydrogen) atoms. The Hall–Kier alpha value is -2.18. The molecule has 1 aromatic rings. The molecule has 0 aliphatic rings. The van der Waals surface area contributed by atoms with E-state index in [0.29, 0.717) is 19.4 Å². The van der Waals surface area contributed by atoms with E-state index in [-0.39, 0.29) is 12.1 Å².